The summed E-state index contributed by atoms with van der Waals surface area (Å²) in [7, 11) is 0. The minimum Gasteiger partial charge on any atom is -0.343 e. The summed E-state index contributed by atoms with van der Waals surface area (Å²) in [6.07, 6.45) is 5.26. The smallest absolute Gasteiger partial charge is 0.236 e. The van der Waals surface area contributed by atoms with Crippen molar-refractivity contribution in [3.8, 4) is 0 Å². The Bertz CT molecular complexity index is 678. The highest BCUT2D eigenvalue weighted by atomic mass is 35.5. The first-order chi connectivity index (χ1) is 11.4. The van der Waals surface area contributed by atoms with Crippen LogP contribution in [0, 0.1) is 5.92 Å². The lowest BCUT2D eigenvalue weighted by molar-refractivity contribution is -0.126. The first-order valence-electron chi connectivity index (χ1n) is 8.76. The molecule has 1 aromatic carbocycles. The molecule has 1 aliphatic carbocycles. The molecule has 1 aromatic rings. The van der Waals surface area contributed by atoms with Crippen molar-refractivity contribution >= 4 is 34.9 Å². The molecule has 1 saturated heterocycles. The van der Waals surface area contributed by atoms with E-state index in [1.165, 1.54) is 0 Å². The molecule has 1 heterocycles. The molecular weight excluding hydrogens is 345 g/mol. The molecular formula is C19H23Cl2NO2. The van der Waals surface area contributed by atoms with Crippen LogP contribution in [0.4, 0.5) is 0 Å². The molecule has 1 amide bonds. The monoisotopic (exact) mass is 367 g/mol. The number of hydrogen-bond donors (Lipinski definition) is 1. The van der Waals surface area contributed by atoms with Gasteiger partial charge in [-0.05, 0) is 61.3 Å². The number of amides is 1. The number of ketones is 1. The fraction of sp³-hybridized carbons (Fsp3) is 0.579. The molecule has 1 spiro atoms. The van der Waals surface area contributed by atoms with E-state index < -0.39 is 11.5 Å². The lowest BCUT2D eigenvalue weighted by Crippen LogP contribution is -2.49. The fourth-order valence-corrected chi connectivity index (χ4v) is 4.88. The number of benzene rings is 1. The molecule has 0 bridgehead atoms. The van der Waals surface area contributed by atoms with Crippen molar-refractivity contribution in [1.29, 1.82) is 0 Å². The van der Waals surface area contributed by atoms with Gasteiger partial charge < -0.3 is 5.32 Å². The standard InChI is InChI=1S/C19H23Cl2NO2/c1-3-11-5-7-19(8-6-11)17(23)16(18(24)22-19)15-12(4-2)9-13(20)10-14(15)21/h9-11,16H,3-8H2,1-2H3,(H,22,24). The third kappa shape index (κ3) is 2.86. The van der Waals surface area contributed by atoms with E-state index >= 15 is 0 Å². The van der Waals surface area contributed by atoms with Crippen LogP contribution in [0.15, 0.2) is 12.1 Å². The molecule has 1 atom stereocenters. The van der Waals surface area contributed by atoms with Gasteiger partial charge in [0.1, 0.15) is 5.92 Å². The Morgan fingerprint density at radius 2 is 1.83 bits per heavy atom. The van der Waals surface area contributed by atoms with Crippen LogP contribution in [-0.2, 0) is 16.0 Å². The summed E-state index contributed by atoms with van der Waals surface area (Å²) in [6, 6.07) is 3.43. The summed E-state index contributed by atoms with van der Waals surface area (Å²) in [5, 5.41) is 3.97. The minimum atomic E-state index is -0.803. The van der Waals surface area contributed by atoms with E-state index in [1.807, 2.05) is 13.0 Å². The van der Waals surface area contributed by atoms with Crippen molar-refractivity contribution in [1.82, 2.24) is 5.32 Å². The van der Waals surface area contributed by atoms with Gasteiger partial charge in [0.05, 0.1) is 5.54 Å². The molecule has 24 heavy (non-hydrogen) atoms. The van der Waals surface area contributed by atoms with E-state index in [-0.39, 0.29) is 11.7 Å². The van der Waals surface area contributed by atoms with Gasteiger partial charge >= 0.3 is 0 Å². The van der Waals surface area contributed by atoms with Gasteiger partial charge in [-0.1, -0.05) is 43.5 Å². The molecule has 3 nitrogen and oxygen atoms in total. The molecule has 0 aromatic heterocycles. The number of aryl methyl sites for hydroxylation is 1. The molecule has 2 aliphatic rings. The first-order valence-corrected chi connectivity index (χ1v) is 9.51. The zero-order valence-corrected chi connectivity index (χ0v) is 15.6. The van der Waals surface area contributed by atoms with E-state index in [0.29, 0.717) is 27.9 Å². The highest BCUT2D eigenvalue weighted by molar-refractivity contribution is 6.36. The van der Waals surface area contributed by atoms with Crippen LogP contribution in [0.2, 0.25) is 10.0 Å². The van der Waals surface area contributed by atoms with Gasteiger partial charge in [0.15, 0.2) is 5.78 Å². The highest BCUT2D eigenvalue weighted by Gasteiger charge is 2.54. The summed E-state index contributed by atoms with van der Waals surface area (Å²) in [4.78, 5) is 25.9. The number of carbonyl (C=O) groups is 2. The molecule has 5 heteroatoms. The van der Waals surface area contributed by atoms with Crippen LogP contribution >= 0.6 is 23.2 Å². The van der Waals surface area contributed by atoms with Gasteiger partial charge in [0.2, 0.25) is 5.91 Å². The second-order valence-electron chi connectivity index (χ2n) is 7.03. The third-order valence-electron chi connectivity index (χ3n) is 5.74. The average molecular weight is 368 g/mol. The number of halogens is 2. The lowest BCUT2D eigenvalue weighted by Gasteiger charge is -2.35. The first kappa shape index (κ1) is 17.8. The van der Waals surface area contributed by atoms with Crippen LogP contribution in [-0.4, -0.2) is 17.2 Å². The maximum absolute atomic E-state index is 13.2. The third-order valence-corrected chi connectivity index (χ3v) is 6.28. The van der Waals surface area contributed by atoms with Crippen molar-refractivity contribution in [2.24, 2.45) is 5.92 Å². The molecule has 2 fully saturated rings. The Morgan fingerprint density at radius 3 is 2.42 bits per heavy atom. The summed E-state index contributed by atoms with van der Waals surface area (Å²) in [5.74, 6) is -0.373. The number of nitrogens with one attached hydrogen (secondary N) is 1. The molecule has 1 unspecified atom stereocenters. The van der Waals surface area contributed by atoms with E-state index in [4.69, 9.17) is 23.2 Å². The average Bonchev–Trinajstić information content (AvgIpc) is 2.79. The Kier molecular flexibility index (Phi) is 4.94. The van der Waals surface area contributed by atoms with Gasteiger partial charge in [-0.25, -0.2) is 0 Å². The quantitative estimate of drug-likeness (QED) is 0.788. The fourth-order valence-electron chi connectivity index (χ4n) is 4.23. The summed E-state index contributed by atoms with van der Waals surface area (Å²) >= 11 is 12.5. The maximum atomic E-state index is 13.2. The molecule has 1 N–H and O–H groups in total. The van der Waals surface area contributed by atoms with Crippen LogP contribution in [0.3, 0.4) is 0 Å². The number of rotatable bonds is 3. The van der Waals surface area contributed by atoms with E-state index in [9.17, 15) is 9.59 Å². The van der Waals surface area contributed by atoms with Crippen LogP contribution in [0.5, 0.6) is 0 Å². The van der Waals surface area contributed by atoms with Gasteiger partial charge in [-0.3, -0.25) is 9.59 Å². The second-order valence-corrected chi connectivity index (χ2v) is 7.88. The molecule has 0 radical (unpaired) electrons. The largest absolute Gasteiger partial charge is 0.343 e. The van der Waals surface area contributed by atoms with E-state index in [0.717, 1.165) is 37.7 Å². The van der Waals surface area contributed by atoms with Crippen molar-refractivity contribution in [2.75, 3.05) is 0 Å². The van der Waals surface area contributed by atoms with Crippen molar-refractivity contribution in [2.45, 2.75) is 63.8 Å². The molecule has 3 rings (SSSR count). The number of hydrogen-bond acceptors (Lipinski definition) is 2. The zero-order chi connectivity index (χ0) is 17.5. The number of Topliss-reactive ketones (excluding diaryl/α,β-unsaturated/α-hetero) is 1. The Morgan fingerprint density at radius 1 is 1.17 bits per heavy atom. The normalized spacial score (nSPS) is 30.0. The SMILES string of the molecule is CCc1cc(Cl)cc(Cl)c1C1C(=O)NC2(CCC(CC)CC2)C1=O. The predicted molar refractivity (Wildman–Crippen MR) is 96.7 cm³/mol. The topological polar surface area (TPSA) is 46.2 Å². The predicted octanol–water partition coefficient (Wildman–Crippen LogP) is 4.68. The molecule has 1 aliphatic heterocycles. The molecule has 130 valence electrons. The highest BCUT2D eigenvalue weighted by Crippen LogP contribution is 2.44. The van der Waals surface area contributed by atoms with Gasteiger partial charge in [0, 0.05) is 10.0 Å². The van der Waals surface area contributed by atoms with E-state index in [1.54, 1.807) is 6.07 Å². The minimum absolute atomic E-state index is 0.0130. The number of carbonyl (C=O) groups excluding carboxylic acids is 2. The van der Waals surface area contributed by atoms with Crippen molar-refractivity contribution in [3.63, 3.8) is 0 Å². The summed E-state index contributed by atoms with van der Waals surface area (Å²) < 4.78 is 0. The maximum Gasteiger partial charge on any atom is 0.236 e. The lowest BCUT2D eigenvalue weighted by atomic mass is 9.72. The van der Waals surface area contributed by atoms with Crippen LogP contribution in [0.1, 0.15) is 63.0 Å². The van der Waals surface area contributed by atoms with Crippen molar-refractivity contribution in [3.05, 3.63) is 33.3 Å². The molecule has 1 saturated carbocycles. The van der Waals surface area contributed by atoms with Crippen LogP contribution < -0.4 is 5.32 Å². The van der Waals surface area contributed by atoms with Gasteiger partial charge in [0.25, 0.3) is 0 Å². The second kappa shape index (κ2) is 6.68. The Balaban J connectivity index is 1.97. The van der Waals surface area contributed by atoms with E-state index in [2.05, 4.69) is 12.2 Å². The van der Waals surface area contributed by atoms with Crippen LogP contribution in [0.25, 0.3) is 0 Å². The zero-order valence-electron chi connectivity index (χ0n) is 14.1. The van der Waals surface area contributed by atoms with Crippen molar-refractivity contribution < 1.29 is 9.59 Å². The Labute approximate surface area is 153 Å². The Hall–Kier alpha value is -1.06. The summed E-state index contributed by atoms with van der Waals surface area (Å²) in [6.45, 7) is 4.16. The van der Waals surface area contributed by atoms with Gasteiger partial charge in [-0.15, -0.1) is 0 Å². The van der Waals surface area contributed by atoms with Gasteiger partial charge in [-0.2, -0.15) is 0 Å². The summed E-state index contributed by atoms with van der Waals surface area (Å²) in [5.41, 5.74) is 0.822.